The number of rotatable bonds is 8. The topological polar surface area (TPSA) is 77.7 Å². The van der Waals surface area contributed by atoms with Gasteiger partial charge in [-0.3, -0.25) is 4.79 Å². The summed E-state index contributed by atoms with van der Waals surface area (Å²) in [7, 11) is 4.89. The standard InChI is InChI=1S/C22H25N3O4/c1-5-17(15-9-7-6-8-10-15)22(26)25(2)14-20-23-24-21(29-20)16-11-12-18(27-3)19(13-16)28-4/h6-13,17H,5,14H2,1-4H3/t17-/m1/s1. The third-order valence-electron chi connectivity index (χ3n) is 4.75. The van der Waals surface area contributed by atoms with E-state index in [4.69, 9.17) is 13.9 Å². The minimum absolute atomic E-state index is 0.0181. The lowest BCUT2D eigenvalue weighted by Gasteiger charge is -2.22. The number of hydrogen-bond acceptors (Lipinski definition) is 6. The third-order valence-corrected chi connectivity index (χ3v) is 4.75. The highest BCUT2D eigenvalue weighted by Crippen LogP contribution is 2.32. The van der Waals surface area contributed by atoms with Gasteiger partial charge in [0.15, 0.2) is 11.5 Å². The van der Waals surface area contributed by atoms with Crippen molar-refractivity contribution >= 4 is 5.91 Å². The minimum atomic E-state index is -0.200. The van der Waals surface area contributed by atoms with E-state index in [1.54, 1.807) is 38.3 Å². The Morgan fingerprint density at radius 3 is 2.45 bits per heavy atom. The largest absolute Gasteiger partial charge is 0.493 e. The van der Waals surface area contributed by atoms with Gasteiger partial charge in [0.05, 0.1) is 26.7 Å². The molecule has 0 aliphatic heterocycles. The molecule has 1 amide bonds. The SMILES string of the molecule is CC[C@@H](C(=O)N(C)Cc1nnc(-c2ccc(OC)c(OC)c2)o1)c1ccccc1. The Hall–Kier alpha value is -3.35. The molecule has 1 heterocycles. The molecule has 7 heteroatoms. The highest BCUT2D eigenvalue weighted by molar-refractivity contribution is 5.83. The second-order valence-corrected chi connectivity index (χ2v) is 6.64. The third kappa shape index (κ3) is 4.56. The Bertz CT molecular complexity index is 956. The van der Waals surface area contributed by atoms with Crippen LogP contribution in [0, 0.1) is 0 Å². The van der Waals surface area contributed by atoms with Crippen molar-refractivity contribution < 1.29 is 18.7 Å². The molecular weight excluding hydrogens is 370 g/mol. The van der Waals surface area contributed by atoms with Crippen molar-refractivity contribution in [3.8, 4) is 23.0 Å². The molecule has 0 N–H and O–H groups in total. The van der Waals surface area contributed by atoms with Crippen molar-refractivity contribution in [1.82, 2.24) is 15.1 Å². The number of likely N-dealkylation sites (N-methyl/N-ethyl adjacent to an activating group) is 1. The van der Waals surface area contributed by atoms with Gasteiger partial charge in [-0.2, -0.15) is 0 Å². The maximum Gasteiger partial charge on any atom is 0.247 e. The van der Waals surface area contributed by atoms with Gasteiger partial charge in [-0.25, -0.2) is 0 Å². The summed E-state index contributed by atoms with van der Waals surface area (Å²) in [6, 6.07) is 15.1. The molecule has 3 aromatic rings. The highest BCUT2D eigenvalue weighted by atomic mass is 16.5. The lowest BCUT2D eigenvalue weighted by molar-refractivity contribution is -0.132. The van der Waals surface area contributed by atoms with E-state index in [9.17, 15) is 4.79 Å². The molecule has 0 aliphatic carbocycles. The molecule has 0 spiro atoms. The molecule has 0 radical (unpaired) electrons. The zero-order valence-corrected chi connectivity index (χ0v) is 17.1. The van der Waals surface area contributed by atoms with Crippen LogP contribution >= 0.6 is 0 Å². The van der Waals surface area contributed by atoms with Crippen molar-refractivity contribution in [3.63, 3.8) is 0 Å². The maximum absolute atomic E-state index is 12.9. The first-order valence-corrected chi connectivity index (χ1v) is 9.42. The fourth-order valence-electron chi connectivity index (χ4n) is 3.19. The molecule has 3 rings (SSSR count). The number of amides is 1. The summed E-state index contributed by atoms with van der Waals surface area (Å²) < 4.78 is 16.3. The van der Waals surface area contributed by atoms with Crippen LogP contribution in [0.1, 0.15) is 30.7 Å². The minimum Gasteiger partial charge on any atom is -0.493 e. The predicted molar refractivity (Wildman–Crippen MR) is 109 cm³/mol. The summed E-state index contributed by atoms with van der Waals surface area (Å²) >= 11 is 0. The van der Waals surface area contributed by atoms with Crippen LogP contribution in [0.15, 0.2) is 52.9 Å². The normalized spacial score (nSPS) is 11.7. The van der Waals surface area contributed by atoms with Crippen LogP contribution in [0.5, 0.6) is 11.5 Å². The van der Waals surface area contributed by atoms with Gasteiger partial charge in [0, 0.05) is 12.6 Å². The molecule has 0 saturated carbocycles. The average Bonchev–Trinajstić information content (AvgIpc) is 3.22. The first kappa shape index (κ1) is 20.4. The molecule has 7 nitrogen and oxygen atoms in total. The summed E-state index contributed by atoms with van der Waals surface area (Å²) in [6.07, 6.45) is 0.716. The van der Waals surface area contributed by atoms with Gasteiger partial charge in [0.2, 0.25) is 17.7 Å². The van der Waals surface area contributed by atoms with Crippen molar-refractivity contribution in [3.05, 3.63) is 60.0 Å². The molecule has 0 fully saturated rings. The van der Waals surface area contributed by atoms with Crippen molar-refractivity contribution in [2.24, 2.45) is 0 Å². The van der Waals surface area contributed by atoms with Gasteiger partial charge in [-0.05, 0) is 30.2 Å². The van der Waals surface area contributed by atoms with Crippen LogP contribution in [-0.4, -0.2) is 42.3 Å². The zero-order chi connectivity index (χ0) is 20.8. The van der Waals surface area contributed by atoms with E-state index in [0.29, 0.717) is 35.3 Å². The van der Waals surface area contributed by atoms with Gasteiger partial charge < -0.3 is 18.8 Å². The lowest BCUT2D eigenvalue weighted by atomic mass is 9.95. The molecule has 0 unspecified atom stereocenters. The second-order valence-electron chi connectivity index (χ2n) is 6.64. The summed E-state index contributed by atoms with van der Waals surface area (Å²) in [5.41, 5.74) is 1.72. The van der Waals surface area contributed by atoms with E-state index in [0.717, 1.165) is 5.56 Å². The van der Waals surface area contributed by atoms with Gasteiger partial charge >= 0.3 is 0 Å². The van der Waals surface area contributed by atoms with E-state index in [1.165, 1.54) is 0 Å². The van der Waals surface area contributed by atoms with Crippen LogP contribution < -0.4 is 9.47 Å². The number of nitrogens with zero attached hydrogens (tertiary/aromatic N) is 3. The number of methoxy groups -OCH3 is 2. The van der Waals surface area contributed by atoms with E-state index in [1.807, 2.05) is 43.3 Å². The number of carbonyl (C=O) groups excluding carboxylic acids is 1. The van der Waals surface area contributed by atoms with E-state index >= 15 is 0 Å². The van der Waals surface area contributed by atoms with Crippen LogP contribution in [0.3, 0.4) is 0 Å². The highest BCUT2D eigenvalue weighted by Gasteiger charge is 2.23. The molecule has 0 bridgehead atoms. The van der Waals surface area contributed by atoms with Crippen LogP contribution in [0.2, 0.25) is 0 Å². The molecular formula is C22H25N3O4. The smallest absolute Gasteiger partial charge is 0.247 e. The Labute approximate surface area is 170 Å². The molecule has 152 valence electrons. The van der Waals surface area contributed by atoms with Crippen LogP contribution in [0.25, 0.3) is 11.5 Å². The fraction of sp³-hybridized carbons (Fsp3) is 0.318. The number of hydrogen-bond donors (Lipinski definition) is 0. The average molecular weight is 395 g/mol. The molecule has 29 heavy (non-hydrogen) atoms. The zero-order valence-electron chi connectivity index (χ0n) is 17.1. The first-order chi connectivity index (χ1) is 14.1. The van der Waals surface area contributed by atoms with Crippen LogP contribution in [0.4, 0.5) is 0 Å². The predicted octanol–water partition coefficient (Wildman–Crippen LogP) is 3.91. The molecule has 2 aromatic carbocycles. The summed E-state index contributed by atoms with van der Waals surface area (Å²) in [4.78, 5) is 14.5. The number of aromatic nitrogens is 2. The van der Waals surface area contributed by atoms with E-state index < -0.39 is 0 Å². The Morgan fingerprint density at radius 2 is 1.79 bits per heavy atom. The second kappa shape index (κ2) is 9.23. The fourth-order valence-corrected chi connectivity index (χ4v) is 3.19. The van der Waals surface area contributed by atoms with Crippen molar-refractivity contribution in [2.75, 3.05) is 21.3 Å². The lowest BCUT2D eigenvalue weighted by Crippen LogP contribution is -2.31. The van der Waals surface area contributed by atoms with Crippen molar-refractivity contribution in [1.29, 1.82) is 0 Å². The van der Waals surface area contributed by atoms with Gasteiger partial charge in [-0.1, -0.05) is 37.3 Å². The monoisotopic (exact) mass is 395 g/mol. The van der Waals surface area contributed by atoms with Gasteiger partial charge in [0.1, 0.15) is 0 Å². The number of carbonyl (C=O) groups is 1. The maximum atomic E-state index is 12.9. The summed E-state index contributed by atoms with van der Waals surface area (Å²) in [6.45, 7) is 2.24. The summed E-state index contributed by atoms with van der Waals surface area (Å²) in [5, 5.41) is 8.19. The molecule has 0 saturated heterocycles. The van der Waals surface area contributed by atoms with E-state index in [-0.39, 0.29) is 18.4 Å². The molecule has 1 aromatic heterocycles. The summed E-state index contributed by atoms with van der Waals surface area (Å²) in [5.74, 6) is 1.74. The number of benzene rings is 2. The van der Waals surface area contributed by atoms with E-state index in [2.05, 4.69) is 10.2 Å². The molecule has 1 atom stereocenters. The molecule has 0 aliphatic rings. The van der Waals surface area contributed by atoms with Crippen molar-refractivity contribution in [2.45, 2.75) is 25.8 Å². The Kier molecular flexibility index (Phi) is 6.49. The Balaban J connectivity index is 1.73. The Morgan fingerprint density at radius 1 is 1.07 bits per heavy atom. The number of ether oxygens (including phenoxy) is 2. The van der Waals surface area contributed by atoms with Gasteiger partial charge in [0.25, 0.3) is 0 Å². The van der Waals surface area contributed by atoms with Gasteiger partial charge in [-0.15, -0.1) is 10.2 Å². The first-order valence-electron chi connectivity index (χ1n) is 9.42. The quantitative estimate of drug-likeness (QED) is 0.576. The van der Waals surface area contributed by atoms with Crippen LogP contribution in [-0.2, 0) is 11.3 Å².